The van der Waals surface area contributed by atoms with Gasteiger partial charge in [-0.3, -0.25) is 0 Å². The molecule has 0 unspecified atom stereocenters. The van der Waals surface area contributed by atoms with Gasteiger partial charge in [-0.15, -0.1) is 0 Å². The van der Waals surface area contributed by atoms with Crippen LogP contribution in [-0.4, -0.2) is 96.0 Å². The van der Waals surface area contributed by atoms with Crippen molar-refractivity contribution in [1.82, 2.24) is 0 Å². The van der Waals surface area contributed by atoms with Crippen LogP contribution in [0.1, 0.15) is 25.7 Å². The lowest BCUT2D eigenvalue weighted by atomic mass is 10.5. The second kappa shape index (κ2) is 17.3. The zero-order valence-electron chi connectivity index (χ0n) is 24.1. The van der Waals surface area contributed by atoms with Crippen molar-refractivity contribution in [3.8, 4) is 0 Å². The second-order valence-electron chi connectivity index (χ2n) is 11.2. The van der Waals surface area contributed by atoms with E-state index in [0.29, 0.717) is 38.1 Å². The molecule has 0 rings (SSSR count). The third-order valence-electron chi connectivity index (χ3n) is 5.60. The highest BCUT2D eigenvalue weighted by atomic mass is 28.5. The maximum atomic E-state index is 13.4. The fraction of sp³-hybridized carbons (Fsp3) is 1.00. The normalized spacial score (nSPS) is 14.3. The molecule has 0 amide bonds. The second-order valence-corrected chi connectivity index (χ2v) is 27.4. The molecule has 0 aliphatic carbocycles. The predicted molar refractivity (Wildman–Crippen MR) is 147 cm³/mol. The van der Waals surface area contributed by atoms with E-state index in [1.807, 2.05) is 13.1 Å². The first-order chi connectivity index (χ1) is 17.7. The minimum absolute atomic E-state index is 0.0942. The van der Waals surface area contributed by atoms with Gasteiger partial charge in [0, 0.05) is 26.1 Å². The number of ether oxygens (including phenoxy) is 2. The Hall–Kier alpha value is 0.168. The van der Waals surface area contributed by atoms with E-state index in [2.05, 4.69) is 0 Å². The number of aliphatic hydroxyl groups is 2. The smallest absolute Gasteiger partial charge is 0.389 e. The topological polar surface area (TPSA) is 86.6 Å². The fourth-order valence-electron chi connectivity index (χ4n) is 4.29. The number of rotatable bonds is 22. The molecule has 17 heteroatoms. The minimum Gasteiger partial charge on any atom is -0.436 e. The van der Waals surface area contributed by atoms with Gasteiger partial charge >= 0.3 is 29.5 Å². The van der Waals surface area contributed by atoms with E-state index in [1.165, 1.54) is 0 Å². The molecule has 0 bridgehead atoms. The van der Waals surface area contributed by atoms with Crippen LogP contribution in [0.4, 0.5) is 26.3 Å². The Morgan fingerprint density at radius 1 is 0.538 bits per heavy atom. The molecule has 0 radical (unpaired) electrons. The number of alkyl halides is 6. The molecular weight excluding hydrogens is 603 g/mol. The summed E-state index contributed by atoms with van der Waals surface area (Å²) >= 11 is 0. The van der Waals surface area contributed by atoms with Crippen molar-refractivity contribution < 1.29 is 58.4 Å². The molecule has 0 saturated heterocycles. The van der Waals surface area contributed by atoms with Crippen LogP contribution < -0.4 is 0 Å². The van der Waals surface area contributed by atoms with Gasteiger partial charge in [0.15, 0.2) is 16.6 Å². The van der Waals surface area contributed by atoms with Crippen molar-refractivity contribution in [3.05, 3.63) is 0 Å². The van der Waals surface area contributed by atoms with E-state index in [0.717, 1.165) is 0 Å². The van der Waals surface area contributed by atoms with Crippen molar-refractivity contribution in [2.75, 3.05) is 39.6 Å². The van der Waals surface area contributed by atoms with Crippen LogP contribution in [0.15, 0.2) is 0 Å². The Morgan fingerprint density at radius 2 is 0.923 bits per heavy atom. The van der Waals surface area contributed by atoms with Crippen molar-refractivity contribution in [1.29, 1.82) is 0 Å². The molecule has 0 aliphatic heterocycles. The lowest BCUT2D eigenvalue weighted by Crippen LogP contribution is -2.59. The summed E-state index contributed by atoms with van der Waals surface area (Å²) in [5.41, 5.74) is 0. The van der Waals surface area contributed by atoms with Gasteiger partial charge in [0.2, 0.25) is 0 Å². The van der Waals surface area contributed by atoms with Gasteiger partial charge in [-0.1, -0.05) is 0 Å². The zero-order valence-corrected chi connectivity index (χ0v) is 28.1. The van der Waals surface area contributed by atoms with Crippen LogP contribution in [-0.2, 0) is 21.8 Å². The summed E-state index contributed by atoms with van der Waals surface area (Å²) in [6.45, 7) is 11.5. The summed E-state index contributed by atoms with van der Waals surface area (Å²) in [7, 11) is -12.5. The van der Waals surface area contributed by atoms with Crippen molar-refractivity contribution in [3.63, 3.8) is 0 Å². The minimum atomic E-state index is -4.58. The lowest BCUT2D eigenvalue weighted by Gasteiger charge is -2.44. The number of aliphatic hydroxyl groups excluding tert-OH is 2. The SMILES string of the molecule is C[Si](C)(CCCOCCO)O[Si](C)(C)O[Si](CCC(F)(F)F)(CCC(F)(F)F)O[Si](C)(C)CCCOCCO. The highest BCUT2D eigenvalue weighted by Crippen LogP contribution is 2.39. The average Bonchev–Trinajstić information content (AvgIpc) is 2.73. The van der Waals surface area contributed by atoms with Gasteiger partial charge < -0.3 is 32.0 Å². The molecule has 0 aromatic carbocycles. The summed E-state index contributed by atoms with van der Waals surface area (Å²) in [5, 5.41) is 17.7. The molecule has 0 aliphatic rings. The van der Waals surface area contributed by atoms with Gasteiger partial charge in [0.1, 0.15) is 0 Å². The first kappa shape index (κ1) is 39.2. The zero-order chi connectivity index (χ0) is 30.4. The van der Waals surface area contributed by atoms with Crippen LogP contribution in [0.5, 0.6) is 0 Å². The molecule has 7 nitrogen and oxygen atoms in total. The lowest BCUT2D eigenvalue weighted by molar-refractivity contribution is -0.133. The molecule has 0 atom stereocenters. The maximum absolute atomic E-state index is 13.4. The van der Waals surface area contributed by atoms with Crippen molar-refractivity contribution >= 4 is 33.8 Å². The largest absolute Gasteiger partial charge is 0.436 e. The first-order valence-corrected chi connectivity index (χ1v) is 24.5. The fourth-order valence-corrected chi connectivity index (χ4v) is 24.3. The molecule has 0 aromatic rings. The summed E-state index contributed by atoms with van der Waals surface area (Å²) < 4.78 is 110. The Bertz CT molecular complexity index is 650. The van der Waals surface area contributed by atoms with E-state index in [4.69, 9.17) is 32.0 Å². The number of halogens is 6. The molecule has 2 N–H and O–H groups in total. The first-order valence-electron chi connectivity index (χ1n) is 13.3. The molecule has 39 heavy (non-hydrogen) atoms. The van der Waals surface area contributed by atoms with E-state index < -0.39 is 71.0 Å². The van der Waals surface area contributed by atoms with Gasteiger partial charge in [-0.05, 0) is 76.3 Å². The predicted octanol–water partition coefficient (Wildman–Crippen LogP) is 6.29. The Labute approximate surface area is 233 Å². The highest BCUT2D eigenvalue weighted by molar-refractivity contribution is 6.90. The van der Waals surface area contributed by atoms with Crippen LogP contribution in [0, 0.1) is 0 Å². The van der Waals surface area contributed by atoms with Gasteiger partial charge in [0.25, 0.3) is 0 Å². The third-order valence-corrected chi connectivity index (χ3v) is 22.1. The quantitative estimate of drug-likeness (QED) is 0.0809. The maximum Gasteiger partial charge on any atom is 0.389 e. The highest BCUT2D eigenvalue weighted by Gasteiger charge is 2.51. The van der Waals surface area contributed by atoms with Crippen LogP contribution in [0.2, 0.25) is 63.5 Å². The van der Waals surface area contributed by atoms with E-state index in [9.17, 15) is 26.3 Å². The summed E-state index contributed by atoms with van der Waals surface area (Å²) in [6, 6.07) is -0.181. The van der Waals surface area contributed by atoms with E-state index in [1.54, 1.807) is 26.2 Å². The van der Waals surface area contributed by atoms with Crippen molar-refractivity contribution in [2.24, 2.45) is 0 Å². The summed E-state index contributed by atoms with van der Waals surface area (Å²) in [4.78, 5) is 0. The van der Waals surface area contributed by atoms with E-state index in [-0.39, 0.29) is 26.4 Å². The molecule has 0 spiro atoms. The monoisotopic (exact) mass is 650 g/mol. The molecule has 0 aromatic heterocycles. The van der Waals surface area contributed by atoms with Crippen molar-refractivity contribution in [2.45, 2.75) is 101 Å². The molecule has 236 valence electrons. The van der Waals surface area contributed by atoms with Crippen LogP contribution in [0.3, 0.4) is 0 Å². The summed E-state index contributed by atoms with van der Waals surface area (Å²) in [5.74, 6) is 0. The Balaban J connectivity index is 5.91. The van der Waals surface area contributed by atoms with Gasteiger partial charge in [0.05, 0.1) is 26.4 Å². The summed E-state index contributed by atoms with van der Waals surface area (Å²) in [6.07, 6.45) is -10.6. The third kappa shape index (κ3) is 21.5. The van der Waals surface area contributed by atoms with E-state index >= 15 is 0 Å². The van der Waals surface area contributed by atoms with Gasteiger partial charge in [-0.25, -0.2) is 0 Å². The number of hydrogen-bond donors (Lipinski definition) is 2. The molecule has 0 heterocycles. The van der Waals surface area contributed by atoms with Gasteiger partial charge in [-0.2, -0.15) is 26.3 Å². The van der Waals surface area contributed by atoms with Crippen LogP contribution in [0.25, 0.3) is 0 Å². The number of hydrogen-bond acceptors (Lipinski definition) is 7. The molecule has 0 saturated carbocycles. The standard InChI is InChI=1S/C22H48F6O7Si4/c1-36(2,17-7-13-31-15-11-29)33-38(5,6)35-39(19-9-21(23,24)25,20-10-22(26,27)28)34-37(3,4)18-8-14-32-16-12-30/h29-30H,7-20H2,1-6H3. The average molecular weight is 651 g/mol. The Kier molecular flexibility index (Phi) is 17.4. The van der Waals surface area contributed by atoms with Crippen LogP contribution >= 0.6 is 0 Å². The molecular formula is C22H48F6O7Si4. The molecule has 0 fully saturated rings. The Morgan fingerprint density at radius 3 is 1.28 bits per heavy atom.